The van der Waals surface area contributed by atoms with Crippen molar-refractivity contribution in [3.8, 4) is 0 Å². The normalized spacial score (nSPS) is 11.1. The Kier molecular flexibility index (Phi) is 5.57. The molecule has 1 aromatic carbocycles. The number of thiophene rings is 1. The Balaban J connectivity index is 1.53. The molecule has 0 fully saturated rings. The molecule has 29 heavy (non-hydrogen) atoms. The van der Waals surface area contributed by atoms with Gasteiger partial charge in [-0.05, 0) is 36.1 Å². The van der Waals surface area contributed by atoms with Gasteiger partial charge in [0.2, 0.25) is 5.91 Å². The van der Waals surface area contributed by atoms with Crippen LogP contribution in [-0.4, -0.2) is 26.6 Å². The Bertz CT molecular complexity index is 1190. The summed E-state index contributed by atoms with van der Waals surface area (Å²) in [5.74, 6) is -0.0445. The lowest BCUT2D eigenvalue weighted by molar-refractivity contribution is -0.120. The van der Waals surface area contributed by atoms with Crippen molar-refractivity contribution in [3.05, 3.63) is 86.6 Å². The molecule has 1 amide bonds. The van der Waals surface area contributed by atoms with Gasteiger partial charge in [0, 0.05) is 24.2 Å². The molecule has 3 aromatic heterocycles. The van der Waals surface area contributed by atoms with Gasteiger partial charge < -0.3 is 5.32 Å². The summed E-state index contributed by atoms with van der Waals surface area (Å²) in [6.45, 7) is 3.28. The van der Waals surface area contributed by atoms with E-state index in [2.05, 4.69) is 16.4 Å². The third-order valence-corrected chi connectivity index (χ3v) is 5.65. The first-order valence-electron chi connectivity index (χ1n) is 9.50. The first-order chi connectivity index (χ1) is 14.1. The van der Waals surface area contributed by atoms with Crippen LogP contribution in [0.5, 0.6) is 0 Å². The molecule has 0 atom stereocenters. The Morgan fingerprint density at radius 2 is 2.03 bits per heavy atom. The van der Waals surface area contributed by atoms with E-state index in [1.54, 1.807) is 26.7 Å². The number of imidazole rings is 1. The van der Waals surface area contributed by atoms with Crippen LogP contribution in [0, 0.1) is 6.92 Å². The van der Waals surface area contributed by atoms with Gasteiger partial charge in [0.1, 0.15) is 0 Å². The fraction of sp³-hybridized carbons (Fsp3) is 0.227. The minimum atomic E-state index is -0.118. The van der Waals surface area contributed by atoms with E-state index in [0.717, 1.165) is 21.5 Å². The van der Waals surface area contributed by atoms with Crippen molar-refractivity contribution in [1.82, 2.24) is 19.4 Å². The van der Waals surface area contributed by atoms with Crippen molar-refractivity contribution >= 4 is 28.4 Å². The van der Waals surface area contributed by atoms with Gasteiger partial charge in [-0.25, -0.2) is 9.78 Å². The van der Waals surface area contributed by atoms with E-state index in [-0.39, 0.29) is 11.6 Å². The van der Waals surface area contributed by atoms with Crippen LogP contribution < -0.4 is 11.0 Å². The van der Waals surface area contributed by atoms with Crippen LogP contribution in [0.4, 0.5) is 0 Å². The van der Waals surface area contributed by atoms with Gasteiger partial charge in [-0.15, -0.1) is 11.3 Å². The smallest absolute Gasteiger partial charge is 0.330 e. The summed E-state index contributed by atoms with van der Waals surface area (Å²) in [4.78, 5) is 30.6. The quantitative estimate of drug-likeness (QED) is 0.513. The van der Waals surface area contributed by atoms with Crippen molar-refractivity contribution in [2.24, 2.45) is 0 Å². The van der Waals surface area contributed by atoms with Gasteiger partial charge in [0.05, 0.1) is 18.5 Å². The molecule has 0 bridgehead atoms. The lowest BCUT2D eigenvalue weighted by Crippen LogP contribution is -2.32. The lowest BCUT2D eigenvalue weighted by atomic mass is 10.1. The van der Waals surface area contributed by atoms with Gasteiger partial charge in [-0.2, -0.15) is 0 Å². The fourth-order valence-corrected chi connectivity index (χ4v) is 4.14. The van der Waals surface area contributed by atoms with Gasteiger partial charge in [-0.3, -0.25) is 13.9 Å². The van der Waals surface area contributed by atoms with Crippen LogP contribution in [0.15, 0.2) is 64.9 Å². The van der Waals surface area contributed by atoms with Crippen molar-refractivity contribution in [1.29, 1.82) is 0 Å². The second kappa shape index (κ2) is 8.45. The zero-order valence-electron chi connectivity index (χ0n) is 16.2. The SMILES string of the molecule is Cc1cccc(Cn2c(=O)n(CCNC(=O)Cc3cccs3)c3ncccc32)c1. The van der Waals surface area contributed by atoms with E-state index in [9.17, 15) is 9.59 Å². The molecule has 0 saturated carbocycles. The molecule has 0 aliphatic heterocycles. The molecule has 0 aliphatic rings. The number of carbonyl (C=O) groups is 1. The molecule has 0 saturated heterocycles. The largest absolute Gasteiger partial charge is 0.354 e. The number of pyridine rings is 1. The average molecular weight is 407 g/mol. The van der Waals surface area contributed by atoms with Crippen LogP contribution in [0.1, 0.15) is 16.0 Å². The van der Waals surface area contributed by atoms with Crippen molar-refractivity contribution in [2.45, 2.75) is 26.4 Å². The molecule has 0 unspecified atom stereocenters. The maximum absolute atomic E-state index is 13.1. The first kappa shape index (κ1) is 19.1. The molecule has 4 aromatic rings. The number of aryl methyl sites for hydroxylation is 1. The van der Waals surface area contributed by atoms with E-state index >= 15 is 0 Å². The number of carbonyl (C=O) groups excluding carboxylic acids is 1. The van der Waals surface area contributed by atoms with Crippen LogP contribution in [0.2, 0.25) is 0 Å². The molecule has 0 aliphatic carbocycles. The highest BCUT2D eigenvalue weighted by atomic mass is 32.1. The molecule has 4 rings (SSSR count). The molecule has 3 heterocycles. The van der Waals surface area contributed by atoms with Gasteiger partial charge in [-0.1, -0.05) is 35.9 Å². The van der Waals surface area contributed by atoms with E-state index in [1.807, 2.05) is 54.8 Å². The number of aromatic nitrogens is 3. The minimum absolute atomic E-state index is 0.0445. The summed E-state index contributed by atoms with van der Waals surface area (Å²) < 4.78 is 3.38. The van der Waals surface area contributed by atoms with Crippen LogP contribution in [0.25, 0.3) is 11.2 Å². The number of amides is 1. The van der Waals surface area contributed by atoms with Crippen molar-refractivity contribution in [3.63, 3.8) is 0 Å². The summed E-state index contributed by atoms with van der Waals surface area (Å²) in [5, 5.41) is 4.85. The standard InChI is InChI=1S/C22H22N4O2S/c1-16-5-2-6-17(13-16)15-26-19-8-3-9-24-21(19)25(22(26)28)11-10-23-20(27)14-18-7-4-12-29-18/h2-9,12-13H,10-11,14-15H2,1H3,(H,23,27). The number of nitrogens with one attached hydrogen (secondary N) is 1. The predicted molar refractivity (Wildman–Crippen MR) is 115 cm³/mol. The van der Waals surface area contributed by atoms with Crippen LogP contribution in [0.3, 0.4) is 0 Å². The van der Waals surface area contributed by atoms with E-state index in [0.29, 0.717) is 31.7 Å². The Labute approximate surface area is 172 Å². The lowest BCUT2D eigenvalue weighted by Gasteiger charge is -2.06. The zero-order chi connectivity index (χ0) is 20.2. The summed E-state index contributed by atoms with van der Waals surface area (Å²) in [7, 11) is 0. The molecule has 0 radical (unpaired) electrons. The minimum Gasteiger partial charge on any atom is -0.354 e. The Hall–Kier alpha value is -3.19. The van der Waals surface area contributed by atoms with E-state index < -0.39 is 0 Å². The van der Waals surface area contributed by atoms with E-state index in [1.165, 1.54) is 0 Å². The van der Waals surface area contributed by atoms with Crippen LogP contribution in [-0.2, 0) is 24.3 Å². The number of fused-ring (bicyclic) bond motifs is 1. The maximum atomic E-state index is 13.1. The first-order valence-corrected chi connectivity index (χ1v) is 10.4. The average Bonchev–Trinajstić information content (AvgIpc) is 3.30. The number of nitrogens with zero attached hydrogens (tertiary/aromatic N) is 3. The van der Waals surface area contributed by atoms with Crippen molar-refractivity contribution < 1.29 is 4.79 Å². The monoisotopic (exact) mass is 406 g/mol. The maximum Gasteiger partial charge on any atom is 0.330 e. The summed E-state index contributed by atoms with van der Waals surface area (Å²) in [6, 6.07) is 15.7. The highest BCUT2D eigenvalue weighted by Crippen LogP contribution is 2.13. The third kappa shape index (κ3) is 4.30. The zero-order valence-corrected chi connectivity index (χ0v) is 17.0. The number of rotatable bonds is 7. The third-order valence-electron chi connectivity index (χ3n) is 4.77. The fourth-order valence-electron chi connectivity index (χ4n) is 3.43. The second-order valence-corrected chi connectivity index (χ2v) is 7.99. The van der Waals surface area contributed by atoms with Crippen molar-refractivity contribution in [2.75, 3.05) is 6.54 Å². The summed E-state index contributed by atoms with van der Waals surface area (Å²) >= 11 is 1.56. The predicted octanol–water partition coefficient (Wildman–Crippen LogP) is 2.98. The molecule has 7 heteroatoms. The van der Waals surface area contributed by atoms with Gasteiger partial charge >= 0.3 is 5.69 Å². The molecule has 148 valence electrons. The van der Waals surface area contributed by atoms with Gasteiger partial charge in [0.15, 0.2) is 5.65 Å². The molecule has 0 spiro atoms. The van der Waals surface area contributed by atoms with E-state index in [4.69, 9.17) is 0 Å². The topological polar surface area (TPSA) is 68.9 Å². The molecular formula is C22H22N4O2S. The second-order valence-electron chi connectivity index (χ2n) is 6.96. The Morgan fingerprint density at radius 3 is 2.83 bits per heavy atom. The summed E-state index contributed by atoms with van der Waals surface area (Å²) in [6.07, 6.45) is 2.05. The number of benzene rings is 1. The highest BCUT2D eigenvalue weighted by Gasteiger charge is 2.14. The molecule has 6 nitrogen and oxygen atoms in total. The number of hydrogen-bond acceptors (Lipinski definition) is 4. The molecular weight excluding hydrogens is 384 g/mol. The highest BCUT2D eigenvalue weighted by molar-refractivity contribution is 7.10. The molecule has 1 N–H and O–H groups in total. The van der Waals surface area contributed by atoms with Crippen LogP contribution >= 0.6 is 11.3 Å². The summed E-state index contributed by atoms with van der Waals surface area (Å²) in [5.41, 5.74) is 3.54. The van der Waals surface area contributed by atoms with Gasteiger partial charge in [0.25, 0.3) is 0 Å². The Morgan fingerprint density at radius 1 is 1.14 bits per heavy atom. The number of hydrogen-bond donors (Lipinski definition) is 1.